The number of rotatable bonds is 1. The van der Waals surface area contributed by atoms with E-state index in [1.165, 1.54) is 11.9 Å². The SMILES string of the molecule is CC1=NN(C)C(C)(c2ccccc2)C1C(F)(F)F. The molecule has 0 radical (unpaired) electrons. The molecule has 0 aromatic heterocycles. The molecule has 98 valence electrons. The van der Waals surface area contributed by atoms with Crippen LogP contribution in [0.15, 0.2) is 35.4 Å². The van der Waals surface area contributed by atoms with Crippen molar-refractivity contribution in [1.82, 2.24) is 5.01 Å². The van der Waals surface area contributed by atoms with Gasteiger partial charge in [0.25, 0.3) is 0 Å². The van der Waals surface area contributed by atoms with E-state index in [-0.39, 0.29) is 5.71 Å². The largest absolute Gasteiger partial charge is 0.399 e. The standard InChI is InChI=1S/C13H15F3N2/c1-9-11(13(14,15)16)12(2,18(3)17-9)10-7-5-4-6-8-10/h4-8,11H,1-3H3. The third kappa shape index (κ3) is 1.78. The molecule has 1 aromatic rings. The summed E-state index contributed by atoms with van der Waals surface area (Å²) in [6.45, 7) is 3.02. The van der Waals surface area contributed by atoms with Crippen LogP contribution in [0.25, 0.3) is 0 Å². The second-order valence-electron chi connectivity index (χ2n) is 4.75. The molecule has 1 heterocycles. The molecule has 0 saturated carbocycles. The lowest BCUT2D eigenvalue weighted by molar-refractivity contribution is -0.181. The van der Waals surface area contributed by atoms with Crippen LogP contribution in [-0.4, -0.2) is 23.9 Å². The van der Waals surface area contributed by atoms with E-state index in [1.807, 2.05) is 0 Å². The molecule has 5 heteroatoms. The normalized spacial score (nSPS) is 28.4. The van der Waals surface area contributed by atoms with Crippen LogP contribution in [0.4, 0.5) is 13.2 Å². The summed E-state index contributed by atoms with van der Waals surface area (Å²) >= 11 is 0. The molecule has 0 spiro atoms. The van der Waals surface area contributed by atoms with Gasteiger partial charge < -0.3 is 0 Å². The number of nitrogens with zero attached hydrogens (tertiary/aromatic N) is 2. The molecule has 2 rings (SSSR count). The number of benzene rings is 1. The van der Waals surface area contributed by atoms with E-state index in [0.717, 1.165) is 0 Å². The van der Waals surface area contributed by atoms with Crippen molar-refractivity contribution < 1.29 is 13.2 Å². The van der Waals surface area contributed by atoms with Gasteiger partial charge in [0.1, 0.15) is 5.92 Å². The van der Waals surface area contributed by atoms with Gasteiger partial charge in [-0.15, -0.1) is 0 Å². The van der Waals surface area contributed by atoms with Crippen LogP contribution in [-0.2, 0) is 5.54 Å². The average Bonchev–Trinajstić information content (AvgIpc) is 2.51. The molecule has 0 N–H and O–H groups in total. The highest BCUT2D eigenvalue weighted by atomic mass is 19.4. The van der Waals surface area contributed by atoms with Gasteiger partial charge in [-0.1, -0.05) is 30.3 Å². The van der Waals surface area contributed by atoms with E-state index < -0.39 is 17.6 Å². The summed E-state index contributed by atoms with van der Waals surface area (Å²) in [5.74, 6) is -1.57. The minimum absolute atomic E-state index is 0.108. The molecular weight excluding hydrogens is 241 g/mol. The van der Waals surface area contributed by atoms with Crippen molar-refractivity contribution in [1.29, 1.82) is 0 Å². The summed E-state index contributed by atoms with van der Waals surface area (Å²) in [5, 5.41) is 5.41. The lowest BCUT2D eigenvalue weighted by atomic mass is 9.77. The number of alkyl halides is 3. The Bertz CT molecular complexity index is 467. The first-order valence-corrected chi connectivity index (χ1v) is 5.69. The fourth-order valence-electron chi connectivity index (χ4n) is 2.68. The van der Waals surface area contributed by atoms with Crippen molar-refractivity contribution in [2.45, 2.75) is 25.6 Å². The van der Waals surface area contributed by atoms with Gasteiger partial charge in [-0.05, 0) is 19.4 Å². The molecule has 0 bridgehead atoms. The molecular formula is C13H15F3N2. The second-order valence-corrected chi connectivity index (χ2v) is 4.75. The third-order valence-electron chi connectivity index (χ3n) is 3.65. The molecule has 2 atom stereocenters. The van der Waals surface area contributed by atoms with Crippen LogP contribution in [0.3, 0.4) is 0 Å². The molecule has 0 aliphatic carbocycles. The predicted molar refractivity (Wildman–Crippen MR) is 64.2 cm³/mol. The molecule has 18 heavy (non-hydrogen) atoms. The minimum atomic E-state index is -4.30. The topological polar surface area (TPSA) is 15.6 Å². The Kier molecular flexibility index (Phi) is 2.87. The van der Waals surface area contributed by atoms with Gasteiger partial charge >= 0.3 is 6.18 Å². The van der Waals surface area contributed by atoms with Crippen molar-refractivity contribution in [2.24, 2.45) is 11.0 Å². The Hall–Kier alpha value is -1.52. The summed E-state index contributed by atoms with van der Waals surface area (Å²) < 4.78 is 39.8. The molecule has 1 aliphatic heterocycles. The Balaban J connectivity index is 2.54. The van der Waals surface area contributed by atoms with Gasteiger partial charge in [0.2, 0.25) is 0 Å². The number of hydrogen-bond donors (Lipinski definition) is 0. The first kappa shape index (κ1) is 12.9. The maximum absolute atomic E-state index is 13.3. The molecule has 0 amide bonds. The van der Waals surface area contributed by atoms with Crippen molar-refractivity contribution in [3.05, 3.63) is 35.9 Å². The number of hydrazone groups is 1. The third-order valence-corrected chi connectivity index (χ3v) is 3.65. The van der Waals surface area contributed by atoms with Gasteiger partial charge in [-0.2, -0.15) is 18.3 Å². The molecule has 0 saturated heterocycles. The van der Waals surface area contributed by atoms with E-state index in [0.29, 0.717) is 5.56 Å². The lowest BCUT2D eigenvalue weighted by Crippen LogP contribution is -2.48. The van der Waals surface area contributed by atoms with Crippen molar-refractivity contribution >= 4 is 5.71 Å². The number of halogens is 3. The van der Waals surface area contributed by atoms with Crippen molar-refractivity contribution in [3.8, 4) is 0 Å². The molecule has 1 aliphatic rings. The van der Waals surface area contributed by atoms with Crippen LogP contribution < -0.4 is 0 Å². The van der Waals surface area contributed by atoms with E-state index in [9.17, 15) is 13.2 Å². The summed E-state index contributed by atoms with van der Waals surface area (Å²) in [4.78, 5) is 0. The minimum Gasteiger partial charge on any atom is -0.289 e. The first-order chi connectivity index (χ1) is 8.28. The van der Waals surface area contributed by atoms with Gasteiger partial charge in [0.15, 0.2) is 0 Å². The molecule has 1 aromatic carbocycles. The second kappa shape index (κ2) is 4.00. The van der Waals surface area contributed by atoms with E-state index >= 15 is 0 Å². The quantitative estimate of drug-likeness (QED) is 0.752. The lowest BCUT2D eigenvalue weighted by Gasteiger charge is -2.38. The van der Waals surface area contributed by atoms with E-state index in [1.54, 1.807) is 44.3 Å². The van der Waals surface area contributed by atoms with Crippen molar-refractivity contribution in [2.75, 3.05) is 7.05 Å². The van der Waals surface area contributed by atoms with Crippen LogP contribution in [0.5, 0.6) is 0 Å². The smallest absolute Gasteiger partial charge is 0.289 e. The van der Waals surface area contributed by atoms with Crippen LogP contribution >= 0.6 is 0 Å². The zero-order valence-electron chi connectivity index (χ0n) is 10.5. The predicted octanol–water partition coefficient (Wildman–Crippen LogP) is 3.40. The van der Waals surface area contributed by atoms with Gasteiger partial charge in [0, 0.05) is 12.8 Å². The Morgan fingerprint density at radius 2 is 1.78 bits per heavy atom. The average molecular weight is 256 g/mol. The first-order valence-electron chi connectivity index (χ1n) is 5.69. The highest BCUT2D eigenvalue weighted by Gasteiger charge is 2.58. The summed E-state index contributed by atoms with van der Waals surface area (Å²) in [6.07, 6.45) is -4.30. The van der Waals surface area contributed by atoms with Gasteiger partial charge in [-0.3, -0.25) is 5.01 Å². The Morgan fingerprint density at radius 1 is 1.22 bits per heavy atom. The van der Waals surface area contributed by atoms with Crippen LogP contribution in [0.1, 0.15) is 19.4 Å². The molecule has 2 unspecified atom stereocenters. The van der Waals surface area contributed by atoms with Gasteiger partial charge in [0.05, 0.1) is 5.54 Å². The summed E-state index contributed by atoms with van der Waals surface area (Å²) in [5.41, 5.74) is -0.448. The Morgan fingerprint density at radius 3 is 2.28 bits per heavy atom. The van der Waals surface area contributed by atoms with E-state index in [2.05, 4.69) is 5.10 Å². The molecule has 2 nitrogen and oxygen atoms in total. The fourth-order valence-corrected chi connectivity index (χ4v) is 2.68. The highest BCUT2D eigenvalue weighted by Crippen LogP contribution is 2.48. The zero-order chi connectivity index (χ0) is 13.6. The maximum atomic E-state index is 13.3. The fraction of sp³-hybridized carbons (Fsp3) is 0.462. The van der Waals surface area contributed by atoms with Crippen LogP contribution in [0.2, 0.25) is 0 Å². The highest BCUT2D eigenvalue weighted by molar-refractivity contribution is 5.88. The van der Waals surface area contributed by atoms with Crippen molar-refractivity contribution in [3.63, 3.8) is 0 Å². The monoisotopic (exact) mass is 256 g/mol. The maximum Gasteiger partial charge on any atom is 0.399 e. The summed E-state index contributed by atoms with van der Waals surface area (Å²) in [7, 11) is 1.59. The zero-order valence-corrected chi connectivity index (χ0v) is 10.5. The van der Waals surface area contributed by atoms with E-state index in [4.69, 9.17) is 0 Å². The summed E-state index contributed by atoms with van der Waals surface area (Å²) in [6, 6.07) is 8.70. The number of hydrogen-bond acceptors (Lipinski definition) is 2. The Labute approximate surface area is 104 Å². The van der Waals surface area contributed by atoms with Gasteiger partial charge in [-0.25, -0.2) is 0 Å². The van der Waals surface area contributed by atoms with Crippen LogP contribution in [0, 0.1) is 5.92 Å². The molecule has 0 fully saturated rings.